The van der Waals surface area contributed by atoms with Crippen LogP contribution in [0.25, 0.3) is 0 Å². The number of carbonyl (C=O) groups is 1. The van der Waals surface area contributed by atoms with Crippen molar-refractivity contribution < 1.29 is 51.8 Å². The summed E-state index contributed by atoms with van der Waals surface area (Å²) >= 11 is 0. The molecule has 1 saturated heterocycles. The van der Waals surface area contributed by atoms with E-state index in [1.54, 1.807) is 6.08 Å². The van der Waals surface area contributed by atoms with Crippen molar-refractivity contribution in [2.24, 2.45) is 0 Å². The number of hydrogen-bond acceptors (Lipinski definition) is 11. The average Bonchev–Trinajstić information content (AvgIpc) is 3.23. The molecule has 0 bridgehead atoms. The van der Waals surface area contributed by atoms with Crippen molar-refractivity contribution in [2.75, 3.05) is 13.2 Å². The molecule has 1 heterocycles. The first-order valence-electron chi connectivity index (χ1n) is 25.1. The maximum Gasteiger partial charge on any atom is 0.220 e. The van der Waals surface area contributed by atoms with E-state index in [4.69, 9.17) is 9.47 Å². The van der Waals surface area contributed by atoms with Gasteiger partial charge in [0.25, 0.3) is 0 Å². The van der Waals surface area contributed by atoms with Gasteiger partial charge in [0.2, 0.25) is 16.3 Å². The van der Waals surface area contributed by atoms with Gasteiger partial charge in [0, 0.05) is 6.42 Å². The SMILES string of the molecule is CCCCCCCCCCCCC/C=C/[C@@H](O)[C@H](CO[C@@H]1O[C@H](CO)[C@H](O)[C@H](OS(=O)(=O)[O-])[C@H]1O)NC(=O)CCCCCCCCCCCCCCCCCCCCCCC. The molecular weight excluding hydrogens is 799 g/mol. The molecule has 0 radical (unpaired) electrons. The molecule has 0 aliphatic carbocycles. The summed E-state index contributed by atoms with van der Waals surface area (Å²) in [6, 6.07) is -0.950. The molecule has 13 heteroatoms. The molecular formula is C48H92NO11S-. The minimum Gasteiger partial charge on any atom is -0.726 e. The van der Waals surface area contributed by atoms with Crippen molar-refractivity contribution in [2.45, 2.75) is 275 Å². The van der Waals surface area contributed by atoms with E-state index in [1.807, 2.05) is 6.08 Å². The fourth-order valence-corrected chi connectivity index (χ4v) is 8.66. The van der Waals surface area contributed by atoms with E-state index < -0.39 is 59.9 Å². The highest BCUT2D eigenvalue weighted by atomic mass is 32.3. The molecule has 1 aliphatic rings. The zero-order valence-electron chi connectivity index (χ0n) is 38.7. The summed E-state index contributed by atoms with van der Waals surface area (Å²) in [5.74, 6) is -0.267. The topological polar surface area (TPSA) is 195 Å². The normalized spacial score (nSPS) is 20.7. The third kappa shape index (κ3) is 32.2. The quantitative estimate of drug-likeness (QED) is 0.0169. The number of aliphatic hydroxyl groups excluding tert-OH is 4. The number of carbonyl (C=O) groups excluding carboxylic acids is 1. The summed E-state index contributed by atoms with van der Waals surface area (Å²) in [6.07, 6.45) is 35.1. The Morgan fingerprint density at radius 2 is 1.05 bits per heavy atom. The lowest BCUT2D eigenvalue weighted by Gasteiger charge is -2.42. The summed E-state index contributed by atoms with van der Waals surface area (Å²) in [5, 5.41) is 44.6. The molecule has 0 aromatic rings. The molecule has 61 heavy (non-hydrogen) atoms. The van der Waals surface area contributed by atoms with Gasteiger partial charge >= 0.3 is 0 Å². The second-order valence-corrected chi connectivity index (χ2v) is 18.8. The third-order valence-electron chi connectivity index (χ3n) is 12.1. The minimum atomic E-state index is -5.33. The number of allylic oxidation sites excluding steroid dienone is 1. The first-order valence-corrected chi connectivity index (χ1v) is 26.4. The van der Waals surface area contributed by atoms with Gasteiger partial charge in [-0.3, -0.25) is 8.98 Å². The Morgan fingerprint density at radius 1 is 0.656 bits per heavy atom. The summed E-state index contributed by atoms with van der Waals surface area (Å²) in [6.45, 7) is 3.36. The molecule has 1 aliphatic heterocycles. The fourth-order valence-electron chi connectivity index (χ4n) is 8.16. The number of unbranched alkanes of at least 4 members (excludes halogenated alkanes) is 31. The van der Waals surface area contributed by atoms with Crippen LogP contribution < -0.4 is 5.32 Å². The molecule has 362 valence electrons. The Balaban J connectivity index is 2.42. The van der Waals surface area contributed by atoms with Gasteiger partial charge in [-0.15, -0.1) is 0 Å². The first kappa shape index (κ1) is 57.9. The third-order valence-corrected chi connectivity index (χ3v) is 12.5. The number of nitrogens with one attached hydrogen (secondary N) is 1. The van der Waals surface area contributed by atoms with Crippen LogP contribution in [0.3, 0.4) is 0 Å². The van der Waals surface area contributed by atoms with Gasteiger partial charge in [-0.1, -0.05) is 219 Å². The van der Waals surface area contributed by atoms with Crippen molar-refractivity contribution in [3.8, 4) is 0 Å². The Hall–Kier alpha value is -1.16. The zero-order valence-corrected chi connectivity index (χ0v) is 39.5. The highest BCUT2D eigenvalue weighted by molar-refractivity contribution is 7.80. The van der Waals surface area contributed by atoms with Gasteiger partial charge in [0.15, 0.2) is 6.29 Å². The van der Waals surface area contributed by atoms with Gasteiger partial charge in [-0.25, -0.2) is 8.42 Å². The smallest absolute Gasteiger partial charge is 0.220 e. The predicted octanol–water partition coefficient (Wildman–Crippen LogP) is 9.99. The van der Waals surface area contributed by atoms with Crippen LogP contribution in [0.5, 0.6) is 0 Å². The predicted molar refractivity (Wildman–Crippen MR) is 244 cm³/mol. The van der Waals surface area contributed by atoms with Crippen LogP contribution in [-0.2, 0) is 28.9 Å². The van der Waals surface area contributed by atoms with Crippen LogP contribution in [0.2, 0.25) is 0 Å². The maximum atomic E-state index is 13.0. The van der Waals surface area contributed by atoms with E-state index in [2.05, 4.69) is 23.3 Å². The van der Waals surface area contributed by atoms with Crippen LogP contribution in [-0.4, -0.2) is 95.4 Å². The summed E-state index contributed by atoms with van der Waals surface area (Å²) < 4.78 is 49.4. The molecule has 0 saturated carbocycles. The number of aliphatic hydroxyl groups is 4. The van der Waals surface area contributed by atoms with Crippen molar-refractivity contribution >= 4 is 16.3 Å². The van der Waals surface area contributed by atoms with Crippen LogP contribution in [0, 0.1) is 0 Å². The van der Waals surface area contributed by atoms with Crippen molar-refractivity contribution in [3.05, 3.63) is 12.2 Å². The van der Waals surface area contributed by atoms with Gasteiger partial charge in [0.05, 0.1) is 25.4 Å². The van der Waals surface area contributed by atoms with Gasteiger partial charge in [0.1, 0.15) is 24.4 Å². The highest BCUT2D eigenvalue weighted by Gasteiger charge is 2.47. The molecule has 0 unspecified atom stereocenters. The van der Waals surface area contributed by atoms with E-state index in [0.717, 1.165) is 38.5 Å². The Bertz CT molecular complexity index is 1140. The Morgan fingerprint density at radius 3 is 1.44 bits per heavy atom. The Kier molecular flexibility index (Phi) is 37.2. The minimum absolute atomic E-state index is 0.267. The van der Waals surface area contributed by atoms with Gasteiger partial charge in [-0.05, 0) is 19.3 Å². The molecule has 0 aromatic heterocycles. The summed E-state index contributed by atoms with van der Waals surface area (Å²) in [7, 11) is -5.33. The van der Waals surface area contributed by atoms with E-state index in [1.165, 1.54) is 167 Å². The molecule has 7 atom stereocenters. The molecule has 12 nitrogen and oxygen atoms in total. The van der Waals surface area contributed by atoms with Gasteiger partial charge < -0.3 is 39.8 Å². The molecule has 5 N–H and O–H groups in total. The standard InChI is InChI=1S/C48H93NO11S/c1-3-5-7-9-11-13-15-17-18-19-20-21-22-23-24-26-28-30-32-34-36-38-44(52)49-41(42(51)37-35-33-31-29-27-25-16-14-12-10-8-6-4-2)40-58-48-46(54)47(60-61(55,56)57)45(53)43(39-50)59-48/h35,37,41-43,45-48,50-51,53-54H,3-34,36,38-40H2,1-2H3,(H,49,52)(H,55,56,57)/p-1/b37-35+/t41-,42+,43+,45-,46+,47-,48+/m0/s1. The van der Waals surface area contributed by atoms with Crippen LogP contribution in [0.1, 0.15) is 232 Å². The summed E-state index contributed by atoms with van der Waals surface area (Å²) in [4.78, 5) is 13.0. The second kappa shape index (κ2) is 39.2. The monoisotopic (exact) mass is 891 g/mol. The van der Waals surface area contributed by atoms with Gasteiger partial charge in [-0.2, -0.15) is 0 Å². The average molecular weight is 891 g/mol. The first-order chi connectivity index (χ1) is 29.5. The lowest BCUT2D eigenvalue weighted by molar-refractivity contribution is -0.298. The van der Waals surface area contributed by atoms with Crippen molar-refractivity contribution in [1.82, 2.24) is 5.32 Å². The van der Waals surface area contributed by atoms with E-state index in [0.29, 0.717) is 6.42 Å². The number of ether oxygens (including phenoxy) is 2. The lowest BCUT2D eigenvalue weighted by Crippen LogP contribution is -2.61. The highest BCUT2D eigenvalue weighted by Crippen LogP contribution is 2.26. The second-order valence-electron chi connectivity index (χ2n) is 17.7. The maximum absolute atomic E-state index is 13.0. The summed E-state index contributed by atoms with van der Waals surface area (Å²) in [5.41, 5.74) is 0. The van der Waals surface area contributed by atoms with Crippen LogP contribution in [0.15, 0.2) is 12.2 Å². The number of amides is 1. The number of hydrogen-bond donors (Lipinski definition) is 5. The van der Waals surface area contributed by atoms with Crippen LogP contribution >= 0.6 is 0 Å². The van der Waals surface area contributed by atoms with E-state index >= 15 is 0 Å². The van der Waals surface area contributed by atoms with Crippen molar-refractivity contribution in [1.29, 1.82) is 0 Å². The molecule has 1 rings (SSSR count). The zero-order chi connectivity index (χ0) is 44.8. The van der Waals surface area contributed by atoms with E-state index in [9.17, 15) is 38.2 Å². The molecule has 1 amide bonds. The van der Waals surface area contributed by atoms with E-state index in [-0.39, 0.29) is 18.9 Å². The largest absolute Gasteiger partial charge is 0.726 e. The molecule has 0 aromatic carbocycles. The molecule has 1 fully saturated rings. The lowest BCUT2D eigenvalue weighted by atomic mass is 9.99. The Labute approximate surface area is 372 Å². The molecule has 0 spiro atoms. The van der Waals surface area contributed by atoms with Crippen LogP contribution in [0.4, 0.5) is 0 Å². The van der Waals surface area contributed by atoms with Crippen molar-refractivity contribution in [3.63, 3.8) is 0 Å². The fraction of sp³-hybridized carbons (Fsp3) is 0.938. The number of rotatable bonds is 43.